The fourth-order valence-electron chi connectivity index (χ4n) is 5.67. The van der Waals surface area contributed by atoms with E-state index in [9.17, 15) is 14.7 Å². The zero-order chi connectivity index (χ0) is 24.3. The maximum absolute atomic E-state index is 13.3. The highest BCUT2D eigenvalue weighted by atomic mass is 16.3. The van der Waals surface area contributed by atoms with Gasteiger partial charge in [-0.15, -0.1) is 0 Å². The van der Waals surface area contributed by atoms with Gasteiger partial charge in [0.05, 0.1) is 24.0 Å². The van der Waals surface area contributed by atoms with Crippen molar-refractivity contribution in [2.75, 3.05) is 13.1 Å². The number of piperidine rings is 1. The number of rotatable bonds is 6. The minimum atomic E-state index is -1.12. The van der Waals surface area contributed by atoms with Gasteiger partial charge < -0.3 is 14.6 Å². The molecule has 0 aromatic carbocycles. The van der Waals surface area contributed by atoms with E-state index in [1.54, 1.807) is 12.4 Å². The zero-order valence-corrected chi connectivity index (χ0v) is 20.7. The number of likely N-dealkylation sites (tertiary alicyclic amines) is 1. The molecule has 1 amide bonds. The summed E-state index contributed by atoms with van der Waals surface area (Å²) in [6.45, 7) is 7.17. The molecule has 1 saturated carbocycles. The Morgan fingerprint density at radius 2 is 1.94 bits per heavy atom. The second-order valence-corrected chi connectivity index (χ2v) is 11.0. The Morgan fingerprint density at radius 1 is 1.18 bits per heavy atom. The second kappa shape index (κ2) is 9.98. The van der Waals surface area contributed by atoms with Crippen LogP contribution in [0, 0.1) is 17.3 Å². The van der Waals surface area contributed by atoms with Crippen LogP contribution in [-0.4, -0.2) is 49.1 Å². The molecule has 2 aromatic rings. The van der Waals surface area contributed by atoms with Crippen molar-refractivity contribution in [2.45, 2.75) is 77.9 Å². The minimum Gasteiger partial charge on any atom is -0.387 e. The summed E-state index contributed by atoms with van der Waals surface area (Å²) in [5, 5.41) is 11.7. The second-order valence-electron chi connectivity index (χ2n) is 11.0. The lowest BCUT2D eigenvalue weighted by atomic mass is 9.69. The van der Waals surface area contributed by atoms with E-state index < -0.39 is 11.0 Å². The molecule has 2 aromatic heterocycles. The van der Waals surface area contributed by atoms with Crippen molar-refractivity contribution in [3.8, 4) is 11.4 Å². The number of hydrogen-bond donors (Lipinski definition) is 1. The molecule has 1 aliphatic heterocycles. The molecule has 1 N–H and O–H groups in total. The molecule has 1 unspecified atom stereocenters. The van der Waals surface area contributed by atoms with Gasteiger partial charge in [-0.2, -0.15) is 0 Å². The van der Waals surface area contributed by atoms with Crippen LogP contribution in [-0.2, 0) is 11.3 Å². The van der Waals surface area contributed by atoms with Crippen LogP contribution in [0.4, 0.5) is 0 Å². The summed E-state index contributed by atoms with van der Waals surface area (Å²) < 4.78 is 1.53. The molecule has 7 heteroatoms. The molecule has 7 nitrogen and oxygen atoms in total. The fraction of sp³-hybridized carbons (Fsp3) is 0.630. The van der Waals surface area contributed by atoms with E-state index in [0.717, 1.165) is 6.42 Å². The Labute approximate surface area is 202 Å². The van der Waals surface area contributed by atoms with Gasteiger partial charge in [-0.3, -0.25) is 14.6 Å². The van der Waals surface area contributed by atoms with Gasteiger partial charge in [-0.05, 0) is 30.9 Å². The third kappa shape index (κ3) is 5.24. The van der Waals surface area contributed by atoms with Crippen molar-refractivity contribution < 1.29 is 9.90 Å². The molecule has 0 bridgehead atoms. The molecule has 0 spiro atoms. The van der Waals surface area contributed by atoms with Gasteiger partial charge in [0.15, 0.2) is 0 Å². The fourth-order valence-corrected chi connectivity index (χ4v) is 5.67. The number of carbonyl (C=O) groups excluding carboxylic acids is 1. The van der Waals surface area contributed by atoms with Crippen molar-refractivity contribution in [2.24, 2.45) is 17.3 Å². The first-order chi connectivity index (χ1) is 16.2. The SMILES string of the molecule is C[C@H](CC1CCCCC1)C(=O)N1CCC(O)(Cn2cc(-c3ccccn3)ncc2=O)C(C)(C)C1. The normalized spacial score (nSPS) is 24.1. The van der Waals surface area contributed by atoms with E-state index in [0.29, 0.717) is 36.8 Å². The molecule has 2 fully saturated rings. The number of nitrogens with zero attached hydrogens (tertiary/aromatic N) is 4. The first kappa shape index (κ1) is 24.6. The van der Waals surface area contributed by atoms with Gasteiger partial charge in [-0.1, -0.05) is 58.9 Å². The van der Waals surface area contributed by atoms with E-state index in [1.165, 1.54) is 42.9 Å². The van der Waals surface area contributed by atoms with Crippen LogP contribution in [0.15, 0.2) is 41.6 Å². The lowest BCUT2D eigenvalue weighted by Gasteiger charge is -2.51. The highest BCUT2D eigenvalue weighted by Crippen LogP contribution is 2.40. The van der Waals surface area contributed by atoms with E-state index in [2.05, 4.69) is 16.9 Å². The van der Waals surface area contributed by atoms with E-state index in [-0.39, 0.29) is 23.9 Å². The van der Waals surface area contributed by atoms with Gasteiger partial charge in [0.1, 0.15) is 5.69 Å². The van der Waals surface area contributed by atoms with E-state index in [4.69, 9.17) is 0 Å². The largest absolute Gasteiger partial charge is 0.387 e. The molecule has 184 valence electrons. The Bertz CT molecular complexity index is 1050. The molecule has 0 radical (unpaired) electrons. The number of aromatic nitrogens is 3. The smallest absolute Gasteiger partial charge is 0.269 e. The van der Waals surface area contributed by atoms with Crippen LogP contribution >= 0.6 is 0 Å². The molecular weight excluding hydrogens is 428 g/mol. The standard InChI is InChI=1S/C27H38N4O3/c1-20(15-21-9-5-4-6-10-21)25(33)30-14-12-27(34,26(2,3)18-30)19-31-17-23(29-16-24(31)32)22-11-7-8-13-28-22/h7-8,11,13,16-17,20-21,34H,4-6,9-10,12,14-15,18-19H2,1-3H3/t20-,27?/m1/s1. The Hall–Kier alpha value is -2.54. The summed E-state index contributed by atoms with van der Waals surface area (Å²) in [4.78, 5) is 36.3. The average molecular weight is 467 g/mol. The van der Waals surface area contributed by atoms with Gasteiger partial charge in [0.25, 0.3) is 5.56 Å². The Kier molecular flexibility index (Phi) is 7.22. The molecule has 4 rings (SSSR count). The Balaban J connectivity index is 1.45. The quantitative estimate of drug-likeness (QED) is 0.698. The predicted octanol–water partition coefficient (Wildman–Crippen LogP) is 3.90. The summed E-state index contributed by atoms with van der Waals surface area (Å²) in [5.41, 5.74) is -0.688. The molecule has 3 heterocycles. The van der Waals surface area contributed by atoms with Gasteiger partial charge in [0, 0.05) is 36.8 Å². The van der Waals surface area contributed by atoms with Gasteiger partial charge >= 0.3 is 0 Å². The van der Waals surface area contributed by atoms with Crippen LogP contribution in [0.1, 0.15) is 65.7 Å². The average Bonchev–Trinajstić information content (AvgIpc) is 2.83. The number of pyridine rings is 1. The van der Waals surface area contributed by atoms with Crippen LogP contribution < -0.4 is 5.56 Å². The van der Waals surface area contributed by atoms with Gasteiger partial charge in [0.2, 0.25) is 5.91 Å². The number of hydrogen-bond acceptors (Lipinski definition) is 5. The van der Waals surface area contributed by atoms with E-state index >= 15 is 0 Å². The van der Waals surface area contributed by atoms with Crippen molar-refractivity contribution in [1.82, 2.24) is 19.4 Å². The first-order valence-corrected chi connectivity index (χ1v) is 12.7. The van der Waals surface area contributed by atoms with Crippen LogP contribution in [0.5, 0.6) is 0 Å². The number of amides is 1. The third-order valence-corrected chi connectivity index (χ3v) is 8.02. The lowest BCUT2D eigenvalue weighted by molar-refractivity contribution is -0.157. The van der Waals surface area contributed by atoms with E-state index in [1.807, 2.05) is 36.9 Å². The lowest BCUT2D eigenvalue weighted by Crippen LogP contribution is -2.61. The third-order valence-electron chi connectivity index (χ3n) is 8.02. The highest BCUT2D eigenvalue weighted by molar-refractivity contribution is 5.78. The monoisotopic (exact) mass is 466 g/mol. The minimum absolute atomic E-state index is 0.00819. The molecule has 2 aliphatic rings. The summed E-state index contributed by atoms with van der Waals surface area (Å²) in [6.07, 6.45) is 12.4. The highest BCUT2D eigenvalue weighted by Gasteiger charge is 2.49. The molecule has 2 atom stereocenters. The predicted molar refractivity (Wildman–Crippen MR) is 132 cm³/mol. The maximum Gasteiger partial charge on any atom is 0.269 e. The molecule has 1 aliphatic carbocycles. The molecule has 34 heavy (non-hydrogen) atoms. The van der Waals surface area contributed by atoms with Crippen LogP contribution in [0.25, 0.3) is 11.4 Å². The van der Waals surface area contributed by atoms with Gasteiger partial charge in [-0.25, -0.2) is 4.98 Å². The van der Waals surface area contributed by atoms with Crippen LogP contribution in [0.2, 0.25) is 0 Å². The summed E-state index contributed by atoms with van der Waals surface area (Å²) in [6, 6.07) is 5.54. The summed E-state index contributed by atoms with van der Waals surface area (Å²) in [7, 11) is 0. The zero-order valence-electron chi connectivity index (χ0n) is 20.7. The first-order valence-electron chi connectivity index (χ1n) is 12.7. The van der Waals surface area contributed by atoms with Crippen LogP contribution in [0.3, 0.4) is 0 Å². The molecule has 1 saturated heterocycles. The molecular formula is C27H38N4O3. The maximum atomic E-state index is 13.3. The van der Waals surface area contributed by atoms with Crippen molar-refractivity contribution >= 4 is 5.91 Å². The van der Waals surface area contributed by atoms with Crippen molar-refractivity contribution in [3.05, 3.63) is 47.1 Å². The topological polar surface area (TPSA) is 88.3 Å². The summed E-state index contributed by atoms with van der Waals surface area (Å²) >= 11 is 0. The van der Waals surface area contributed by atoms with Crippen molar-refractivity contribution in [1.29, 1.82) is 0 Å². The van der Waals surface area contributed by atoms with Crippen molar-refractivity contribution in [3.63, 3.8) is 0 Å². The number of aliphatic hydroxyl groups is 1. The summed E-state index contributed by atoms with van der Waals surface area (Å²) in [5.74, 6) is 0.863. The number of carbonyl (C=O) groups is 1. The Morgan fingerprint density at radius 3 is 2.62 bits per heavy atom.